The van der Waals surface area contributed by atoms with Crippen LogP contribution in [0.5, 0.6) is 0 Å². The van der Waals surface area contributed by atoms with Gasteiger partial charge in [-0.3, -0.25) is 0 Å². The molecule has 1 aromatic heterocycles. The average Bonchev–Trinajstić information content (AvgIpc) is 2.96. The van der Waals surface area contributed by atoms with E-state index in [1.165, 1.54) is 19.3 Å². The zero-order chi connectivity index (χ0) is 11.5. The van der Waals surface area contributed by atoms with Gasteiger partial charge in [0.05, 0.1) is 0 Å². The quantitative estimate of drug-likeness (QED) is 0.705. The molecule has 0 amide bonds. The van der Waals surface area contributed by atoms with Crippen LogP contribution in [0, 0.1) is 5.92 Å². The number of anilines is 3. The van der Waals surface area contributed by atoms with Gasteiger partial charge >= 0.3 is 0 Å². The molecule has 5 nitrogen and oxygen atoms in total. The minimum Gasteiger partial charge on any atom is -0.373 e. The van der Waals surface area contributed by atoms with Crippen molar-refractivity contribution in [1.29, 1.82) is 0 Å². The number of aromatic nitrogens is 2. The van der Waals surface area contributed by atoms with Crippen LogP contribution in [0.25, 0.3) is 0 Å². The molecule has 0 spiro atoms. The van der Waals surface area contributed by atoms with E-state index in [0.29, 0.717) is 12.0 Å². The van der Waals surface area contributed by atoms with Gasteiger partial charge in [-0.2, -0.15) is 9.97 Å². The van der Waals surface area contributed by atoms with Crippen LogP contribution in [-0.2, 0) is 0 Å². The van der Waals surface area contributed by atoms with Crippen LogP contribution in [-0.4, -0.2) is 23.1 Å². The van der Waals surface area contributed by atoms with E-state index in [2.05, 4.69) is 27.5 Å². The van der Waals surface area contributed by atoms with Crippen molar-refractivity contribution < 1.29 is 0 Å². The molecule has 0 aliphatic heterocycles. The van der Waals surface area contributed by atoms with Gasteiger partial charge in [-0.05, 0) is 18.8 Å². The summed E-state index contributed by atoms with van der Waals surface area (Å²) in [6.07, 6.45) is 3.78. The lowest BCUT2D eigenvalue weighted by atomic mass is 10.2. The van der Waals surface area contributed by atoms with Gasteiger partial charge in [-0.25, -0.2) is 0 Å². The number of nitrogen functional groups attached to an aromatic ring is 1. The zero-order valence-electron chi connectivity index (χ0n) is 9.83. The van der Waals surface area contributed by atoms with Gasteiger partial charge in [0, 0.05) is 19.2 Å². The predicted molar refractivity (Wildman–Crippen MR) is 66.4 cm³/mol. The van der Waals surface area contributed by atoms with Crippen LogP contribution >= 0.6 is 0 Å². The summed E-state index contributed by atoms with van der Waals surface area (Å²) in [4.78, 5) is 8.22. The van der Waals surface area contributed by atoms with Crippen molar-refractivity contribution in [2.24, 2.45) is 5.92 Å². The summed E-state index contributed by atoms with van der Waals surface area (Å²) in [5.41, 5.74) is 5.62. The molecule has 2 unspecified atom stereocenters. The SMILES string of the molecule is CCCC1CC1Nc1cc(NC)nc(N)n1. The lowest BCUT2D eigenvalue weighted by Crippen LogP contribution is -2.09. The Kier molecular flexibility index (Phi) is 3.12. The van der Waals surface area contributed by atoms with Gasteiger partial charge < -0.3 is 16.4 Å². The highest BCUT2D eigenvalue weighted by Crippen LogP contribution is 2.37. The third-order valence-corrected chi connectivity index (χ3v) is 2.91. The smallest absolute Gasteiger partial charge is 0.223 e. The van der Waals surface area contributed by atoms with E-state index >= 15 is 0 Å². The van der Waals surface area contributed by atoms with E-state index < -0.39 is 0 Å². The van der Waals surface area contributed by atoms with E-state index in [1.807, 2.05) is 13.1 Å². The lowest BCUT2D eigenvalue weighted by Gasteiger charge is -2.07. The Bertz CT molecular complexity index is 365. The summed E-state index contributed by atoms with van der Waals surface area (Å²) in [5, 5.41) is 6.36. The van der Waals surface area contributed by atoms with Crippen molar-refractivity contribution >= 4 is 17.6 Å². The van der Waals surface area contributed by atoms with Gasteiger partial charge in [-0.15, -0.1) is 0 Å². The van der Waals surface area contributed by atoms with Crippen molar-refractivity contribution in [2.75, 3.05) is 23.4 Å². The van der Waals surface area contributed by atoms with Crippen molar-refractivity contribution in [3.05, 3.63) is 6.07 Å². The van der Waals surface area contributed by atoms with Crippen LogP contribution in [0.4, 0.5) is 17.6 Å². The predicted octanol–water partition coefficient (Wildman–Crippen LogP) is 1.70. The summed E-state index contributed by atoms with van der Waals surface area (Å²) in [7, 11) is 1.82. The van der Waals surface area contributed by atoms with Gasteiger partial charge in [0.25, 0.3) is 0 Å². The maximum absolute atomic E-state index is 5.62. The highest BCUT2D eigenvalue weighted by atomic mass is 15.1. The Morgan fingerprint density at radius 1 is 1.44 bits per heavy atom. The first-order valence-corrected chi connectivity index (χ1v) is 5.81. The third-order valence-electron chi connectivity index (χ3n) is 2.91. The normalized spacial score (nSPS) is 22.9. The summed E-state index contributed by atoms with van der Waals surface area (Å²) in [6, 6.07) is 2.46. The summed E-state index contributed by atoms with van der Waals surface area (Å²) >= 11 is 0. The molecule has 0 aromatic carbocycles. The third kappa shape index (κ3) is 2.53. The second-order valence-electron chi connectivity index (χ2n) is 4.28. The molecule has 4 N–H and O–H groups in total. The summed E-state index contributed by atoms with van der Waals surface area (Å²) in [5.74, 6) is 2.68. The van der Waals surface area contributed by atoms with Crippen LogP contribution in [0.1, 0.15) is 26.2 Å². The molecule has 0 bridgehead atoms. The minimum absolute atomic E-state index is 0.307. The second-order valence-corrected chi connectivity index (χ2v) is 4.28. The fraction of sp³-hybridized carbons (Fsp3) is 0.636. The van der Waals surface area contributed by atoms with Gasteiger partial charge in [-0.1, -0.05) is 13.3 Å². The highest BCUT2D eigenvalue weighted by molar-refractivity contribution is 5.51. The maximum Gasteiger partial charge on any atom is 0.223 e. The minimum atomic E-state index is 0.307. The number of nitrogens with two attached hydrogens (primary N) is 1. The molecule has 1 saturated carbocycles. The second kappa shape index (κ2) is 4.55. The standard InChI is InChI=1S/C11H19N5/c1-3-4-7-5-8(7)14-10-6-9(13-2)15-11(12)16-10/h6-8H,3-5H2,1-2H3,(H4,12,13,14,15,16). The number of nitrogens with zero attached hydrogens (tertiary/aromatic N) is 2. The first kappa shape index (κ1) is 11.0. The molecule has 1 aliphatic rings. The van der Waals surface area contributed by atoms with Crippen LogP contribution in [0.2, 0.25) is 0 Å². The number of nitrogens with one attached hydrogen (secondary N) is 2. The Morgan fingerprint density at radius 2 is 2.19 bits per heavy atom. The molecule has 88 valence electrons. The largest absolute Gasteiger partial charge is 0.373 e. The molecule has 1 aliphatic carbocycles. The number of hydrogen-bond acceptors (Lipinski definition) is 5. The maximum atomic E-state index is 5.62. The van der Waals surface area contributed by atoms with Crippen LogP contribution in [0.15, 0.2) is 6.07 Å². The molecule has 1 heterocycles. The fourth-order valence-electron chi connectivity index (χ4n) is 1.97. The fourth-order valence-corrected chi connectivity index (χ4v) is 1.97. The molecule has 5 heteroatoms. The molecule has 1 fully saturated rings. The summed E-state index contributed by atoms with van der Waals surface area (Å²) in [6.45, 7) is 2.22. The number of rotatable bonds is 5. The van der Waals surface area contributed by atoms with E-state index in [4.69, 9.17) is 5.73 Å². The molecular formula is C11H19N5. The molecule has 1 aromatic rings. The van der Waals surface area contributed by atoms with E-state index in [0.717, 1.165) is 17.6 Å². The van der Waals surface area contributed by atoms with E-state index in [-0.39, 0.29) is 0 Å². The zero-order valence-corrected chi connectivity index (χ0v) is 9.83. The van der Waals surface area contributed by atoms with Crippen molar-refractivity contribution in [3.63, 3.8) is 0 Å². The highest BCUT2D eigenvalue weighted by Gasteiger charge is 2.36. The molecular weight excluding hydrogens is 202 g/mol. The molecule has 2 atom stereocenters. The van der Waals surface area contributed by atoms with Crippen LogP contribution < -0.4 is 16.4 Å². The lowest BCUT2D eigenvalue weighted by molar-refractivity contribution is 0.692. The Morgan fingerprint density at radius 3 is 2.88 bits per heavy atom. The monoisotopic (exact) mass is 221 g/mol. The van der Waals surface area contributed by atoms with Crippen molar-refractivity contribution in [3.8, 4) is 0 Å². The van der Waals surface area contributed by atoms with Gasteiger partial charge in [0.15, 0.2) is 0 Å². The van der Waals surface area contributed by atoms with E-state index in [1.54, 1.807) is 0 Å². The van der Waals surface area contributed by atoms with Crippen molar-refractivity contribution in [1.82, 2.24) is 9.97 Å². The molecule has 0 radical (unpaired) electrons. The molecule has 16 heavy (non-hydrogen) atoms. The Balaban J connectivity index is 1.97. The molecule has 0 saturated heterocycles. The topological polar surface area (TPSA) is 75.9 Å². The van der Waals surface area contributed by atoms with E-state index in [9.17, 15) is 0 Å². The van der Waals surface area contributed by atoms with Crippen molar-refractivity contribution in [2.45, 2.75) is 32.2 Å². The average molecular weight is 221 g/mol. The number of hydrogen-bond donors (Lipinski definition) is 3. The van der Waals surface area contributed by atoms with Gasteiger partial charge in [0.1, 0.15) is 11.6 Å². The first-order chi connectivity index (χ1) is 7.72. The summed E-state index contributed by atoms with van der Waals surface area (Å²) < 4.78 is 0. The molecule has 2 rings (SSSR count). The first-order valence-electron chi connectivity index (χ1n) is 5.81. The Hall–Kier alpha value is -1.52. The van der Waals surface area contributed by atoms with Crippen LogP contribution in [0.3, 0.4) is 0 Å². The Labute approximate surface area is 95.9 Å². The van der Waals surface area contributed by atoms with Gasteiger partial charge in [0.2, 0.25) is 5.95 Å².